The van der Waals surface area contributed by atoms with E-state index in [1.54, 1.807) is 4.90 Å². The van der Waals surface area contributed by atoms with Gasteiger partial charge in [0.05, 0.1) is 46.7 Å². The van der Waals surface area contributed by atoms with Gasteiger partial charge in [-0.25, -0.2) is 4.98 Å². The Morgan fingerprint density at radius 1 is 1.24 bits per heavy atom. The van der Waals surface area contributed by atoms with Crippen LogP contribution in [-0.4, -0.2) is 48.2 Å². The second-order valence-electron chi connectivity index (χ2n) is 8.60. The zero-order valence-corrected chi connectivity index (χ0v) is 18.6. The second-order valence-corrected chi connectivity index (χ2v) is 8.60. The molecule has 0 radical (unpaired) electrons. The van der Waals surface area contributed by atoms with Crippen LogP contribution in [-0.2, 0) is 16.1 Å². The normalized spacial score (nSPS) is 18.7. The molecular formula is C23H26N8O2. The number of amides is 2. The number of aromatic amines is 1. The molecule has 170 valence electrons. The Hall–Kier alpha value is -3.95. The molecule has 1 aromatic carbocycles. The Bertz CT molecular complexity index is 1360. The van der Waals surface area contributed by atoms with E-state index in [-0.39, 0.29) is 6.04 Å². The van der Waals surface area contributed by atoms with Crippen LogP contribution in [0.2, 0.25) is 0 Å². The minimum atomic E-state index is -0.712. The molecule has 10 nitrogen and oxygen atoms in total. The van der Waals surface area contributed by atoms with Gasteiger partial charge in [0.2, 0.25) is 0 Å². The number of hydrogen-bond acceptors (Lipinski definition) is 6. The number of piperidine rings is 1. The van der Waals surface area contributed by atoms with E-state index in [9.17, 15) is 9.59 Å². The number of fused-ring (bicyclic) bond motifs is 2. The molecule has 1 aliphatic heterocycles. The van der Waals surface area contributed by atoms with Crippen molar-refractivity contribution in [1.29, 1.82) is 0 Å². The van der Waals surface area contributed by atoms with Crippen LogP contribution in [0.15, 0.2) is 36.8 Å². The summed E-state index contributed by atoms with van der Waals surface area (Å²) in [6, 6.07) is 5.97. The summed E-state index contributed by atoms with van der Waals surface area (Å²) in [5, 5.41) is 15.5. The maximum atomic E-state index is 13.3. The molecule has 1 aliphatic rings. The van der Waals surface area contributed by atoms with Crippen molar-refractivity contribution in [3.63, 3.8) is 0 Å². The summed E-state index contributed by atoms with van der Waals surface area (Å²) in [6.07, 6.45) is 6.59. The van der Waals surface area contributed by atoms with E-state index in [4.69, 9.17) is 5.73 Å². The monoisotopic (exact) mass is 446 g/mol. The number of nitrogens with two attached hydrogens (primary N) is 1. The van der Waals surface area contributed by atoms with Crippen LogP contribution < -0.4 is 11.1 Å². The predicted octanol–water partition coefficient (Wildman–Crippen LogP) is 2.85. The lowest BCUT2D eigenvalue weighted by atomic mass is 9.89. The summed E-state index contributed by atoms with van der Waals surface area (Å²) < 4.78 is 1.94. The Balaban J connectivity index is 1.42. The molecule has 0 unspecified atom stereocenters. The van der Waals surface area contributed by atoms with Gasteiger partial charge in [0, 0.05) is 18.5 Å². The van der Waals surface area contributed by atoms with Gasteiger partial charge >= 0.3 is 11.8 Å². The predicted molar refractivity (Wildman–Crippen MR) is 125 cm³/mol. The molecule has 33 heavy (non-hydrogen) atoms. The first-order valence-electron chi connectivity index (χ1n) is 11.1. The van der Waals surface area contributed by atoms with Gasteiger partial charge in [-0.15, -0.1) is 0 Å². The Morgan fingerprint density at radius 2 is 2.09 bits per heavy atom. The zero-order valence-electron chi connectivity index (χ0n) is 18.6. The van der Waals surface area contributed by atoms with E-state index < -0.39 is 11.8 Å². The van der Waals surface area contributed by atoms with E-state index in [0.29, 0.717) is 34.9 Å². The largest absolute Gasteiger partial charge is 0.383 e. The summed E-state index contributed by atoms with van der Waals surface area (Å²) in [4.78, 5) is 32.1. The summed E-state index contributed by atoms with van der Waals surface area (Å²) in [7, 11) is 0. The fraction of sp³-hybridized carbons (Fsp3) is 0.348. The van der Waals surface area contributed by atoms with Crippen LogP contribution in [0.25, 0.3) is 21.8 Å². The van der Waals surface area contributed by atoms with Crippen molar-refractivity contribution in [2.45, 2.75) is 39.3 Å². The highest BCUT2D eigenvalue weighted by molar-refractivity contribution is 6.40. The first kappa shape index (κ1) is 20.9. The van der Waals surface area contributed by atoms with Gasteiger partial charge in [-0.2, -0.15) is 10.2 Å². The van der Waals surface area contributed by atoms with Crippen LogP contribution in [0.3, 0.4) is 0 Å². The van der Waals surface area contributed by atoms with Crippen molar-refractivity contribution in [2.24, 2.45) is 5.92 Å². The number of nitrogen functional groups attached to an aromatic ring is 1. The summed E-state index contributed by atoms with van der Waals surface area (Å²) >= 11 is 0. The van der Waals surface area contributed by atoms with Crippen LogP contribution >= 0.6 is 0 Å². The van der Waals surface area contributed by atoms with Gasteiger partial charge in [-0.05, 0) is 43.4 Å². The lowest BCUT2D eigenvalue weighted by molar-refractivity contribution is -0.146. The smallest absolute Gasteiger partial charge is 0.314 e. The summed E-state index contributed by atoms with van der Waals surface area (Å²) in [6.45, 7) is 5.46. The molecule has 0 bridgehead atoms. The quantitative estimate of drug-likeness (QED) is 0.414. The van der Waals surface area contributed by atoms with Crippen LogP contribution in [0.4, 0.5) is 11.5 Å². The van der Waals surface area contributed by atoms with Crippen molar-refractivity contribution in [3.8, 4) is 0 Å². The molecule has 4 N–H and O–H groups in total. The molecule has 0 saturated carbocycles. The van der Waals surface area contributed by atoms with Gasteiger partial charge < -0.3 is 16.0 Å². The van der Waals surface area contributed by atoms with Crippen molar-refractivity contribution in [1.82, 2.24) is 29.9 Å². The number of likely N-dealkylation sites (tertiary alicyclic amines) is 1. The SMILES string of the molecule is CCn1ncc2cc([C@H]3CC[C@H](C)CN3C(=O)C(=O)Nc3cnc(N)c4cn[nH]c34)ccc21. The topological polar surface area (TPSA) is 135 Å². The number of H-pyrrole nitrogens is 1. The van der Waals surface area contributed by atoms with Gasteiger partial charge in [0.1, 0.15) is 5.82 Å². The van der Waals surface area contributed by atoms with Crippen LogP contribution in [0.1, 0.15) is 38.3 Å². The molecule has 2 atom stereocenters. The molecule has 4 heterocycles. The highest BCUT2D eigenvalue weighted by atomic mass is 16.2. The molecule has 10 heteroatoms. The maximum Gasteiger partial charge on any atom is 0.314 e. The molecule has 5 rings (SSSR count). The lowest BCUT2D eigenvalue weighted by Gasteiger charge is -2.38. The Morgan fingerprint density at radius 3 is 2.91 bits per heavy atom. The van der Waals surface area contributed by atoms with Crippen molar-refractivity contribution >= 4 is 45.1 Å². The van der Waals surface area contributed by atoms with E-state index in [0.717, 1.165) is 35.9 Å². The lowest BCUT2D eigenvalue weighted by Crippen LogP contribution is -2.46. The molecule has 2 amide bonds. The maximum absolute atomic E-state index is 13.3. The summed E-state index contributed by atoms with van der Waals surface area (Å²) in [5.41, 5.74) is 8.83. The number of benzene rings is 1. The number of nitrogens with zero attached hydrogens (tertiary/aromatic N) is 5. The van der Waals surface area contributed by atoms with Crippen molar-refractivity contribution < 1.29 is 9.59 Å². The molecule has 1 fully saturated rings. The number of carbonyl (C=O) groups excluding carboxylic acids is 2. The fourth-order valence-corrected chi connectivity index (χ4v) is 4.64. The fourth-order valence-electron chi connectivity index (χ4n) is 4.64. The Kier molecular flexibility index (Phi) is 5.20. The Labute approximate surface area is 190 Å². The van der Waals surface area contributed by atoms with E-state index >= 15 is 0 Å². The van der Waals surface area contributed by atoms with E-state index in [1.807, 2.05) is 23.0 Å². The van der Waals surface area contributed by atoms with Gasteiger partial charge in [0.15, 0.2) is 0 Å². The molecule has 4 aromatic rings. The third kappa shape index (κ3) is 3.67. The number of hydrogen-bond donors (Lipinski definition) is 3. The average molecular weight is 447 g/mol. The molecule has 3 aromatic heterocycles. The van der Waals surface area contributed by atoms with Gasteiger partial charge in [0.25, 0.3) is 0 Å². The van der Waals surface area contributed by atoms with Gasteiger partial charge in [-0.3, -0.25) is 19.4 Å². The number of aromatic nitrogens is 5. The number of nitrogens with one attached hydrogen (secondary N) is 2. The van der Waals surface area contributed by atoms with Crippen molar-refractivity contribution in [3.05, 3.63) is 42.4 Å². The minimum Gasteiger partial charge on any atom is -0.383 e. The number of carbonyl (C=O) groups is 2. The minimum absolute atomic E-state index is 0.175. The molecule has 1 saturated heterocycles. The molecular weight excluding hydrogens is 420 g/mol. The second kappa shape index (κ2) is 8.19. The van der Waals surface area contributed by atoms with Crippen LogP contribution in [0, 0.1) is 5.92 Å². The molecule has 0 aliphatic carbocycles. The zero-order chi connectivity index (χ0) is 23.1. The first-order chi connectivity index (χ1) is 16.0. The average Bonchev–Trinajstić information content (AvgIpc) is 3.47. The number of anilines is 2. The molecule has 0 spiro atoms. The number of aryl methyl sites for hydroxylation is 1. The first-order valence-corrected chi connectivity index (χ1v) is 11.1. The third-order valence-electron chi connectivity index (χ3n) is 6.39. The summed E-state index contributed by atoms with van der Waals surface area (Å²) in [5.74, 6) is -0.672. The highest BCUT2D eigenvalue weighted by Crippen LogP contribution is 2.35. The number of rotatable bonds is 3. The highest BCUT2D eigenvalue weighted by Gasteiger charge is 2.34. The van der Waals surface area contributed by atoms with Gasteiger partial charge in [-0.1, -0.05) is 13.0 Å². The van der Waals surface area contributed by atoms with Crippen LogP contribution in [0.5, 0.6) is 0 Å². The standard InChI is InChI=1S/C23H26N8O2/c1-3-31-19-7-5-14(8-15(19)9-27-31)18-6-4-13(2)12-30(18)23(33)22(32)28-17-11-25-21(24)16-10-26-29-20(16)17/h5,7-11,13,18H,3-4,6,12H2,1-2H3,(H2,24,25)(H,26,29)(H,28,32)/t13-,18+/m0/s1. The third-order valence-corrected chi connectivity index (χ3v) is 6.39. The van der Waals surface area contributed by atoms with E-state index in [2.05, 4.69) is 45.5 Å². The number of pyridine rings is 1. The van der Waals surface area contributed by atoms with E-state index in [1.165, 1.54) is 12.4 Å². The van der Waals surface area contributed by atoms with Crippen molar-refractivity contribution in [2.75, 3.05) is 17.6 Å².